The number of rotatable bonds is 4. The molecule has 0 aromatic heterocycles. The first-order chi connectivity index (χ1) is 9.16. The van der Waals surface area contributed by atoms with Crippen molar-refractivity contribution in [1.82, 2.24) is 5.32 Å². The molecule has 2 nitrogen and oxygen atoms in total. The molecule has 0 spiro atoms. The van der Waals surface area contributed by atoms with Crippen LogP contribution in [0.4, 0.5) is 0 Å². The molecule has 19 heavy (non-hydrogen) atoms. The summed E-state index contributed by atoms with van der Waals surface area (Å²) in [6, 6.07) is 5.49. The molecule has 1 N–H and O–H groups in total. The van der Waals surface area contributed by atoms with E-state index in [1.54, 1.807) is 6.07 Å². The molecular weight excluding hydrogens is 322 g/mol. The number of benzene rings is 1. The fourth-order valence-corrected chi connectivity index (χ4v) is 2.88. The summed E-state index contributed by atoms with van der Waals surface area (Å²) in [7, 11) is 0. The van der Waals surface area contributed by atoms with Gasteiger partial charge in [-0.2, -0.15) is 0 Å². The Morgan fingerprint density at radius 3 is 2.95 bits per heavy atom. The molecule has 0 aliphatic heterocycles. The van der Waals surface area contributed by atoms with Crippen LogP contribution >= 0.6 is 28.6 Å². The van der Waals surface area contributed by atoms with Crippen molar-refractivity contribution in [3.63, 3.8) is 0 Å². The van der Waals surface area contributed by atoms with Crippen LogP contribution in [0.1, 0.15) is 42.5 Å². The lowest BCUT2D eigenvalue weighted by Crippen LogP contribution is -2.25. The molecule has 0 radical (unpaired) electrons. The van der Waals surface area contributed by atoms with Gasteiger partial charge >= 0.3 is 0 Å². The monoisotopic (exact) mass is 339 g/mol. The lowest BCUT2D eigenvalue weighted by atomic mass is 9.97. The predicted octanol–water partition coefficient (Wildman–Crippen LogP) is 4.36. The van der Waals surface area contributed by atoms with Crippen LogP contribution in [0.5, 0.6) is 0 Å². The Kier molecular flexibility index (Phi) is 5.52. The average molecular weight is 340 g/mol. The van der Waals surface area contributed by atoms with Gasteiger partial charge in [-0.25, -0.2) is 0 Å². The van der Waals surface area contributed by atoms with Crippen LogP contribution in [0.15, 0.2) is 39.2 Å². The average Bonchev–Trinajstić information content (AvgIpc) is 2.42. The van der Waals surface area contributed by atoms with Gasteiger partial charge in [-0.3, -0.25) is 4.79 Å². The molecule has 0 atom stereocenters. The molecular formula is C15H18BrNOS. The summed E-state index contributed by atoms with van der Waals surface area (Å²) in [5.41, 5.74) is 2.12. The zero-order valence-electron chi connectivity index (χ0n) is 10.8. The minimum atomic E-state index is -0.0424. The van der Waals surface area contributed by atoms with Crippen LogP contribution in [0.3, 0.4) is 0 Å². The Morgan fingerprint density at radius 1 is 1.37 bits per heavy atom. The fraction of sp³-hybridized carbons (Fsp3) is 0.400. The van der Waals surface area contributed by atoms with Crippen molar-refractivity contribution in [2.45, 2.75) is 37.0 Å². The standard InChI is InChI=1S/C15H18BrNOS/c16-14-7-6-12(19)10-13(14)15(18)17-9-8-11-4-2-1-3-5-11/h4,6-7,10,19H,1-3,5,8-9H2,(H,17,18). The van der Waals surface area contributed by atoms with Crippen LogP contribution in [-0.2, 0) is 0 Å². The Morgan fingerprint density at radius 2 is 2.21 bits per heavy atom. The van der Waals surface area contributed by atoms with E-state index in [9.17, 15) is 4.79 Å². The maximum atomic E-state index is 12.1. The van der Waals surface area contributed by atoms with Crippen LogP contribution in [-0.4, -0.2) is 12.5 Å². The van der Waals surface area contributed by atoms with Gasteiger partial charge in [0, 0.05) is 15.9 Å². The number of halogens is 1. The van der Waals surface area contributed by atoms with E-state index in [0.29, 0.717) is 12.1 Å². The summed E-state index contributed by atoms with van der Waals surface area (Å²) in [5.74, 6) is -0.0424. The number of allylic oxidation sites excluding steroid dienone is 1. The van der Waals surface area contributed by atoms with Crippen LogP contribution in [0.25, 0.3) is 0 Å². The number of nitrogens with one attached hydrogen (secondary N) is 1. The molecule has 0 saturated carbocycles. The van der Waals surface area contributed by atoms with E-state index in [0.717, 1.165) is 15.8 Å². The molecule has 1 aliphatic rings. The predicted molar refractivity (Wildman–Crippen MR) is 84.9 cm³/mol. The summed E-state index contributed by atoms with van der Waals surface area (Å²) in [5, 5.41) is 2.97. The van der Waals surface area contributed by atoms with E-state index in [4.69, 9.17) is 0 Å². The maximum Gasteiger partial charge on any atom is 0.252 e. The molecule has 1 amide bonds. The van der Waals surface area contributed by atoms with E-state index in [1.807, 2.05) is 12.1 Å². The highest BCUT2D eigenvalue weighted by atomic mass is 79.9. The number of carbonyl (C=O) groups is 1. The smallest absolute Gasteiger partial charge is 0.252 e. The zero-order valence-corrected chi connectivity index (χ0v) is 13.3. The largest absolute Gasteiger partial charge is 0.352 e. The summed E-state index contributed by atoms with van der Waals surface area (Å²) >= 11 is 7.65. The van der Waals surface area contributed by atoms with Crippen molar-refractivity contribution in [1.29, 1.82) is 0 Å². The SMILES string of the molecule is O=C(NCCC1=CCCCC1)c1cc(S)ccc1Br. The van der Waals surface area contributed by atoms with Gasteiger partial charge in [0.05, 0.1) is 5.56 Å². The van der Waals surface area contributed by atoms with E-state index < -0.39 is 0 Å². The second-order valence-corrected chi connectivity index (χ2v) is 6.15. The fourth-order valence-electron chi connectivity index (χ4n) is 2.25. The highest BCUT2D eigenvalue weighted by Gasteiger charge is 2.10. The van der Waals surface area contributed by atoms with Crippen LogP contribution in [0, 0.1) is 0 Å². The van der Waals surface area contributed by atoms with Crippen molar-refractivity contribution >= 4 is 34.5 Å². The van der Waals surface area contributed by atoms with Gasteiger partial charge in [-0.1, -0.05) is 11.6 Å². The van der Waals surface area contributed by atoms with Crippen LogP contribution in [0.2, 0.25) is 0 Å². The molecule has 0 fully saturated rings. The number of hydrogen-bond donors (Lipinski definition) is 2. The Hall–Kier alpha value is -0.740. The Balaban J connectivity index is 1.87. The number of carbonyl (C=O) groups excluding carboxylic acids is 1. The van der Waals surface area contributed by atoms with Crippen molar-refractivity contribution in [3.8, 4) is 0 Å². The van der Waals surface area contributed by atoms with Crippen molar-refractivity contribution in [2.24, 2.45) is 0 Å². The van der Waals surface area contributed by atoms with Gasteiger partial charge in [0.15, 0.2) is 0 Å². The summed E-state index contributed by atoms with van der Waals surface area (Å²) in [6.45, 7) is 0.702. The first kappa shape index (κ1) is 14.7. The van der Waals surface area contributed by atoms with E-state index in [2.05, 4.69) is 40.0 Å². The van der Waals surface area contributed by atoms with Gasteiger partial charge in [0.1, 0.15) is 0 Å². The third kappa shape index (κ3) is 4.39. The van der Waals surface area contributed by atoms with Crippen molar-refractivity contribution in [2.75, 3.05) is 6.54 Å². The third-order valence-corrected chi connectivity index (χ3v) is 4.28. The van der Waals surface area contributed by atoms with E-state index in [-0.39, 0.29) is 5.91 Å². The third-order valence-electron chi connectivity index (χ3n) is 3.31. The van der Waals surface area contributed by atoms with E-state index >= 15 is 0 Å². The second-order valence-electron chi connectivity index (χ2n) is 4.78. The summed E-state index contributed by atoms with van der Waals surface area (Å²) in [4.78, 5) is 12.9. The molecule has 2 rings (SSSR count). The molecule has 0 unspecified atom stereocenters. The van der Waals surface area contributed by atoms with Crippen molar-refractivity contribution in [3.05, 3.63) is 39.9 Å². The molecule has 0 saturated heterocycles. The van der Waals surface area contributed by atoms with Gasteiger partial charge in [-0.15, -0.1) is 12.6 Å². The Bertz CT molecular complexity index is 499. The lowest BCUT2D eigenvalue weighted by Gasteiger charge is -2.13. The molecule has 1 aliphatic carbocycles. The Labute approximate surface area is 128 Å². The first-order valence-corrected chi connectivity index (χ1v) is 7.85. The highest BCUT2D eigenvalue weighted by molar-refractivity contribution is 9.10. The van der Waals surface area contributed by atoms with E-state index in [1.165, 1.54) is 31.3 Å². The topological polar surface area (TPSA) is 29.1 Å². The quantitative estimate of drug-likeness (QED) is 0.619. The zero-order chi connectivity index (χ0) is 13.7. The number of thiol groups is 1. The van der Waals surface area contributed by atoms with Gasteiger partial charge in [0.25, 0.3) is 5.91 Å². The van der Waals surface area contributed by atoms with Gasteiger partial charge < -0.3 is 5.32 Å². The summed E-state index contributed by atoms with van der Waals surface area (Å²) in [6.07, 6.45) is 8.25. The molecule has 4 heteroatoms. The minimum absolute atomic E-state index is 0.0424. The highest BCUT2D eigenvalue weighted by Crippen LogP contribution is 2.21. The minimum Gasteiger partial charge on any atom is -0.352 e. The van der Waals surface area contributed by atoms with Crippen molar-refractivity contribution < 1.29 is 4.79 Å². The number of amides is 1. The normalized spacial score (nSPS) is 14.9. The molecule has 102 valence electrons. The summed E-state index contributed by atoms with van der Waals surface area (Å²) < 4.78 is 0.805. The molecule has 1 aromatic rings. The number of hydrogen-bond acceptors (Lipinski definition) is 2. The molecule has 1 aromatic carbocycles. The second kappa shape index (κ2) is 7.15. The van der Waals surface area contributed by atoms with Crippen LogP contribution < -0.4 is 5.32 Å². The van der Waals surface area contributed by atoms with Gasteiger partial charge in [-0.05, 0) is 66.2 Å². The maximum absolute atomic E-state index is 12.1. The molecule has 0 bridgehead atoms. The first-order valence-electron chi connectivity index (χ1n) is 6.61. The molecule has 0 heterocycles. The van der Waals surface area contributed by atoms with Gasteiger partial charge in [0.2, 0.25) is 0 Å². The lowest BCUT2D eigenvalue weighted by molar-refractivity contribution is 0.0953.